The van der Waals surface area contributed by atoms with Crippen LogP contribution in [-0.4, -0.2) is 57.8 Å². The number of aryl methyl sites for hydroxylation is 1. The molecule has 1 N–H and O–H groups in total. The van der Waals surface area contributed by atoms with Gasteiger partial charge in [-0.15, -0.1) is 0 Å². The lowest BCUT2D eigenvalue weighted by atomic mass is 9.95. The van der Waals surface area contributed by atoms with Crippen molar-refractivity contribution in [1.29, 1.82) is 0 Å². The van der Waals surface area contributed by atoms with Crippen LogP contribution in [0, 0.1) is 0 Å². The van der Waals surface area contributed by atoms with Gasteiger partial charge in [-0.3, -0.25) is 9.69 Å². The first-order chi connectivity index (χ1) is 15.6. The number of ether oxygens (including phenoxy) is 2. The molecule has 1 saturated heterocycles. The molecule has 0 aliphatic carbocycles. The number of methoxy groups -OCH3 is 1. The van der Waals surface area contributed by atoms with E-state index in [0.717, 1.165) is 31.8 Å². The summed E-state index contributed by atoms with van der Waals surface area (Å²) in [5.74, 6) is 1.33. The Labute approximate surface area is 191 Å². The zero-order valence-electron chi connectivity index (χ0n) is 19.3. The van der Waals surface area contributed by atoms with Crippen molar-refractivity contribution in [2.45, 2.75) is 38.1 Å². The van der Waals surface area contributed by atoms with Gasteiger partial charge in [0.2, 0.25) is 0 Å². The molecule has 2 aromatic carbocycles. The Morgan fingerprint density at radius 1 is 1.00 bits per heavy atom. The highest BCUT2D eigenvalue weighted by atomic mass is 16.5. The van der Waals surface area contributed by atoms with E-state index in [-0.39, 0.29) is 18.6 Å². The van der Waals surface area contributed by atoms with E-state index in [1.165, 1.54) is 42.5 Å². The molecule has 0 aromatic heterocycles. The number of hydrogen-bond acceptors (Lipinski definition) is 5. The molecule has 6 nitrogen and oxygen atoms in total. The van der Waals surface area contributed by atoms with Crippen LogP contribution in [0.4, 0.5) is 5.69 Å². The molecule has 6 heteroatoms. The second kappa shape index (κ2) is 10.7. The first-order valence-electron chi connectivity index (χ1n) is 11.8. The number of nitrogens with zero attached hydrogens (tertiary/aromatic N) is 2. The minimum absolute atomic E-state index is 0.00797. The number of likely N-dealkylation sites (tertiary alicyclic amines) is 1. The van der Waals surface area contributed by atoms with Crippen molar-refractivity contribution in [3.8, 4) is 11.5 Å². The van der Waals surface area contributed by atoms with Gasteiger partial charge in [0.05, 0.1) is 13.2 Å². The van der Waals surface area contributed by atoms with Crippen molar-refractivity contribution in [3.63, 3.8) is 0 Å². The van der Waals surface area contributed by atoms with Crippen LogP contribution in [-0.2, 0) is 11.2 Å². The Hall–Kier alpha value is -2.73. The molecule has 2 aliphatic heterocycles. The Bertz CT molecular complexity index is 894. The number of piperidine rings is 1. The van der Waals surface area contributed by atoms with Crippen LogP contribution in [0.2, 0.25) is 0 Å². The maximum Gasteiger partial charge on any atom is 0.258 e. The lowest BCUT2D eigenvalue weighted by molar-refractivity contribution is -0.123. The normalized spacial score (nSPS) is 17.4. The zero-order valence-corrected chi connectivity index (χ0v) is 19.3. The molecule has 0 saturated carbocycles. The van der Waals surface area contributed by atoms with Crippen molar-refractivity contribution < 1.29 is 14.3 Å². The van der Waals surface area contributed by atoms with E-state index in [1.807, 2.05) is 24.3 Å². The van der Waals surface area contributed by atoms with Crippen LogP contribution in [0.5, 0.6) is 11.5 Å². The minimum Gasteiger partial charge on any atom is -0.497 e. The number of carbonyl (C=O) groups is 1. The summed E-state index contributed by atoms with van der Waals surface area (Å²) >= 11 is 0. The van der Waals surface area contributed by atoms with Crippen LogP contribution < -0.4 is 19.7 Å². The number of amides is 1. The van der Waals surface area contributed by atoms with Gasteiger partial charge in [-0.25, -0.2) is 0 Å². The van der Waals surface area contributed by atoms with E-state index in [9.17, 15) is 4.79 Å². The van der Waals surface area contributed by atoms with Crippen molar-refractivity contribution in [2.24, 2.45) is 0 Å². The van der Waals surface area contributed by atoms with Gasteiger partial charge in [-0.1, -0.05) is 18.6 Å². The van der Waals surface area contributed by atoms with Gasteiger partial charge in [0.15, 0.2) is 6.61 Å². The molecule has 0 radical (unpaired) electrons. The predicted octanol–water partition coefficient (Wildman–Crippen LogP) is 3.80. The average molecular weight is 438 g/mol. The first-order valence-corrected chi connectivity index (χ1v) is 11.8. The third kappa shape index (κ3) is 5.54. The first kappa shape index (κ1) is 22.5. The van der Waals surface area contributed by atoms with E-state index >= 15 is 0 Å². The monoisotopic (exact) mass is 437 g/mol. The molecule has 0 bridgehead atoms. The van der Waals surface area contributed by atoms with Crippen LogP contribution in [0.25, 0.3) is 0 Å². The van der Waals surface area contributed by atoms with E-state index < -0.39 is 0 Å². The number of nitrogens with one attached hydrogen (secondary N) is 1. The standard InChI is InChI=1S/C26H35N3O3/c1-28-14-6-7-20-17-21(8-13-24(20)28)25(29-15-4-3-5-16-29)18-27-26(30)19-32-23-11-9-22(31-2)10-12-23/h8-13,17,25H,3-7,14-16,18-19H2,1-2H3,(H,27,30)/t25-/m1/s1. The Morgan fingerprint density at radius 3 is 2.50 bits per heavy atom. The van der Waals surface area contributed by atoms with Gasteiger partial charge in [0.1, 0.15) is 11.5 Å². The van der Waals surface area contributed by atoms with Crippen LogP contribution in [0.15, 0.2) is 42.5 Å². The molecule has 2 aliphatic rings. The summed E-state index contributed by atoms with van der Waals surface area (Å²) in [6, 6.07) is 14.3. The van der Waals surface area contributed by atoms with Crippen LogP contribution in [0.3, 0.4) is 0 Å². The minimum atomic E-state index is -0.0967. The highest BCUT2D eigenvalue weighted by molar-refractivity contribution is 5.77. The third-order valence-corrected chi connectivity index (χ3v) is 6.59. The Morgan fingerprint density at radius 2 is 1.75 bits per heavy atom. The maximum absolute atomic E-state index is 12.5. The van der Waals surface area contributed by atoms with Gasteiger partial charge >= 0.3 is 0 Å². The van der Waals surface area contributed by atoms with Gasteiger partial charge in [0, 0.05) is 25.8 Å². The summed E-state index contributed by atoms with van der Waals surface area (Å²) in [6.07, 6.45) is 6.06. The van der Waals surface area contributed by atoms with E-state index in [1.54, 1.807) is 7.11 Å². The third-order valence-electron chi connectivity index (χ3n) is 6.59. The maximum atomic E-state index is 12.5. The van der Waals surface area contributed by atoms with E-state index in [0.29, 0.717) is 12.3 Å². The average Bonchev–Trinajstić information content (AvgIpc) is 2.84. The molecule has 0 unspecified atom stereocenters. The number of benzene rings is 2. The number of fused-ring (bicyclic) bond motifs is 1. The van der Waals surface area contributed by atoms with E-state index in [4.69, 9.17) is 9.47 Å². The largest absolute Gasteiger partial charge is 0.497 e. The molecular formula is C26H35N3O3. The van der Waals surface area contributed by atoms with Crippen molar-refractivity contribution in [1.82, 2.24) is 10.2 Å². The summed E-state index contributed by atoms with van der Waals surface area (Å²) in [7, 11) is 3.80. The number of anilines is 1. The van der Waals surface area contributed by atoms with Gasteiger partial charge in [-0.2, -0.15) is 0 Å². The second-order valence-electron chi connectivity index (χ2n) is 8.79. The Kier molecular flexibility index (Phi) is 7.53. The topological polar surface area (TPSA) is 54.0 Å². The summed E-state index contributed by atoms with van der Waals surface area (Å²) in [5.41, 5.74) is 4.07. The molecule has 1 amide bonds. The fourth-order valence-corrected chi connectivity index (χ4v) is 4.78. The quantitative estimate of drug-likeness (QED) is 0.681. The summed E-state index contributed by atoms with van der Waals surface area (Å²) in [4.78, 5) is 17.4. The molecule has 1 fully saturated rings. The lowest BCUT2D eigenvalue weighted by Crippen LogP contribution is -2.41. The fourth-order valence-electron chi connectivity index (χ4n) is 4.78. The van der Waals surface area contributed by atoms with Crippen molar-refractivity contribution >= 4 is 11.6 Å². The summed E-state index contributed by atoms with van der Waals surface area (Å²) in [5, 5.41) is 3.12. The molecule has 2 aromatic rings. The van der Waals surface area contributed by atoms with Crippen LogP contribution in [0.1, 0.15) is 42.9 Å². The predicted molar refractivity (Wildman–Crippen MR) is 128 cm³/mol. The van der Waals surface area contributed by atoms with E-state index in [2.05, 4.69) is 40.4 Å². The molecule has 4 rings (SSSR count). The fraction of sp³-hybridized carbons (Fsp3) is 0.500. The Balaban J connectivity index is 1.40. The number of hydrogen-bond donors (Lipinski definition) is 1. The van der Waals surface area contributed by atoms with Gasteiger partial charge in [-0.05, 0) is 80.2 Å². The van der Waals surface area contributed by atoms with Crippen LogP contribution >= 0.6 is 0 Å². The molecule has 0 spiro atoms. The molecular weight excluding hydrogens is 402 g/mol. The number of rotatable bonds is 8. The van der Waals surface area contributed by atoms with Crippen molar-refractivity contribution in [2.75, 3.05) is 51.8 Å². The highest BCUT2D eigenvalue weighted by Gasteiger charge is 2.24. The smallest absolute Gasteiger partial charge is 0.258 e. The van der Waals surface area contributed by atoms with Gasteiger partial charge in [0.25, 0.3) is 5.91 Å². The molecule has 32 heavy (non-hydrogen) atoms. The second-order valence-corrected chi connectivity index (χ2v) is 8.79. The lowest BCUT2D eigenvalue weighted by Gasteiger charge is -2.36. The highest BCUT2D eigenvalue weighted by Crippen LogP contribution is 2.31. The summed E-state index contributed by atoms with van der Waals surface area (Å²) in [6.45, 7) is 3.89. The molecule has 2 heterocycles. The molecule has 1 atom stereocenters. The van der Waals surface area contributed by atoms with Gasteiger partial charge < -0.3 is 19.7 Å². The zero-order chi connectivity index (χ0) is 22.3. The SMILES string of the molecule is COc1ccc(OCC(=O)NC[C@H](c2ccc3c(c2)CCCN3C)N2CCCCC2)cc1. The van der Waals surface area contributed by atoms with Crippen molar-refractivity contribution in [3.05, 3.63) is 53.6 Å². The molecule has 172 valence electrons. The summed E-state index contributed by atoms with van der Waals surface area (Å²) < 4.78 is 10.8. The number of carbonyl (C=O) groups excluding carboxylic acids is 1.